The molecule has 2 rings (SSSR count). The number of anilines is 1. The summed E-state index contributed by atoms with van der Waals surface area (Å²) in [6.07, 6.45) is 0.382. The lowest BCUT2D eigenvalue weighted by atomic mass is 10.1. The van der Waals surface area contributed by atoms with Crippen LogP contribution in [0.3, 0.4) is 0 Å². The number of carboxylic acids is 1. The highest BCUT2D eigenvalue weighted by Crippen LogP contribution is 2.40. The fourth-order valence-corrected chi connectivity index (χ4v) is 1.97. The van der Waals surface area contributed by atoms with Crippen molar-refractivity contribution in [2.75, 3.05) is 11.9 Å². The van der Waals surface area contributed by atoms with Crippen LogP contribution < -0.4 is 4.90 Å². The van der Waals surface area contributed by atoms with Crippen molar-refractivity contribution in [3.63, 3.8) is 0 Å². The van der Waals surface area contributed by atoms with Crippen molar-refractivity contribution in [2.45, 2.75) is 6.42 Å². The van der Waals surface area contributed by atoms with E-state index in [0.717, 1.165) is 0 Å². The molecule has 2 atom stereocenters. The number of aliphatic carboxylic acids is 1. The maximum absolute atomic E-state index is 12.0. The van der Waals surface area contributed by atoms with Gasteiger partial charge in [0.1, 0.15) is 6.07 Å². The molecule has 5 heteroatoms. The van der Waals surface area contributed by atoms with Crippen LogP contribution in [0.2, 0.25) is 0 Å². The van der Waals surface area contributed by atoms with Crippen LogP contribution in [0.15, 0.2) is 24.3 Å². The van der Waals surface area contributed by atoms with Gasteiger partial charge in [-0.2, -0.15) is 5.26 Å². The Morgan fingerprint density at radius 2 is 2.06 bits per heavy atom. The van der Waals surface area contributed by atoms with Gasteiger partial charge in [-0.1, -0.05) is 12.1 Å². The average Bonchev–Trinajstić information content (AvgIpc) is 3.17. The second kappa shape index (κ2) is 4.49. The van der Waals surface area contributed by atoms with Crippen molar-refractivity contribution in [2.24, 2.45) is 11.8 Å². The molecule has 0 spiro atoms. The largest absolute Gasteiger partial charge is 0.481 e. The van der Waals surface area contributed by atoms with Gasteiger partial charge in [-0.15, -0.1) is 0 Å². The molecule has 1 aromatic carbocycles. The molecule has 18 heavy (non-hydrogen) atoms. The number of hydrogen-bond acceptors (Lipinski definition) is 3. The van der Waals surface area contributed by atoms with E-state index in [1.54, 1.807) is 31.3 Å². The van der Waals surface area contributed by atoms with Crippen LogP contribution in [0.25, 0.3) is 0 Å². The van der Waals surface area contributed by atoms with Gasteiger partial charge in [-0.05, 0) is 18.6 Å². The summed E-state index contributed by atoms with van der Waals surface area (Å²) in [6, 6.07) is 8.77. The molecule has 1 amide bonds. The summed E-state index contributed by atoms with van der Waals surface area (Å²) in [7, 11) is 1.57. The number of carbonyl (C=O) groups excluding carboxylic acids is 1. The zero-order chi connectivity index (χ0) is 13.3. The molecular weight excluding hydrogens is 232 g/mol. The van der Waals surface area contributed by atoms with E-state index < -0.39 is 17.8 Å². The van der Waals surface area contributed by atoms with Crippen LogP contribution in [-0.2, 0) is 9.59 Å². The summed E-state index contributed by atoms with van der Waals surface area (Å²) in [5.74, 6) is -2.21. The number of rotatable bonds is 3. The standard InChI is InChI=1S/C13H12N2O3/c1-15(11-5-3-2-4-8(11)7-14)12(16)9-6-10(9)13(17)18/h2-5,9-10H,6H2,1H3,(H,17,18). The number of carbonyl (C=O) groups is 2. The lowest BCUT2D eigenvalue weighted by molar-refractivity contribution is -0.139. The minimum absolute atomic E-state index is 0.245. The smallest absolute Gasteiger partial charge is 0.307 e. The van der Waals surface area contributed by atoms with Crippen molar-refractivity contribution >= 4 is 17.6 Å². The van der Waals surface area contributed by atoms with Crippen molar-refractivity contribution in [3.05, 3.63) is 29.8 Å². The lowest BCUT2D eigenvalue weighted by Gasteiger charge is -2.18. The molecule has 1 aliphatic carbocycles. The maximum Gasteiger partial charge on any atom is 0.307 e. The summed E-state index contributed by atoms with van der Waals surface area (Å²) >= 11 is 0. The van der Waals surface area contributed by atoms with Crippen LogP contribution in [0.1, 0.15) is 12.0 Å². The molecule has 0 heterocycles. The Bertz CT molecular complexity index is 547. The molecular formula is C13H12N2O3. The van der Waals surface area contributed by atoms with Crippen molar-refractivity contribution in [1.29, 1.82) is 5.26 Å². The van der Waals surface area contributed by atoms with Gasteiger partial charge in [0.25, 0.3) is 0 Å². The topological polar surface area (TPSA) is 81.4 Å². The van der Waals surface area contributed by atoms with Gasteiger partial charge >= 0.3 is 5.97 Å². The quantitative estimate of drug-likeness (QED) is 0.867. The molecule has 1 aliphatic rings. The van der Waals surface area contributed by atoms with Gasteiger partial charge in [0, 0.05) is 7.05 Å². The van der Waals surface area contributed by atoms with E-state index in [9.17, 15) is 9.59 Å². The van der Waals surface area contributed by atoms with E-state index in [1.807, 2.05) is 6.07 Å². The van der Waals surface area contributed by atoms with Crippen LogP contribution in [0, 0.1) is 23.2 Å². The van der Waals surface area contributed by atoms with Crippen molar-refractivity contribution in [1.82, 2.24) is 0 Å². The maximum atomic E-state index is 12.0. The molecule has 1 saturated carbocycles. The second-order valence-corrected chi connectivity index (χ2v) is 4.31. The number of hydrogen-bond donors (Lipinski definition) is 1. The van der Waals surface area contributed by atoms with Gasteiger partial charge in [0.2, 0.25) is 5.91 Å². The number of nitriles is 1. The van der Waals surface area contributed by atoms with Crippen LogP contribution >= 0.6 is 0 Å². The first-order valence-corrected chi connectivity index (χ1v) is 5.55. The highest BCUT2D eigenvalue weighted by Gasteiger charge is 2.49. The Balaban J connectivity index is 2.18. The average molecular weight is 244 g/mol. The van der Waals surface area contributed by atoms with Crippen molar-refractivity contribution in [3.8, 4) is 6.07 Å². The van der Waals surface area contributed by atoms with E-state index in [1.165, 1.54) is 4.90 Å². The first-order valence-electron chi connectivity index (χ1n) is 5.55. The molecule has 1 fully saturated rings. The van der Waals surface area contributed by atoms with Crippen LogP contribution in [-0.4, -0.2) is 24.0 Å². The molecule has 92 valence electrons. The monoisotopic (exact) mass is 244 g/mol. The zero-order valence-corrected chi connectivity index (χ0v) is 9.83. The highest BCUT2D eigenvalue weighted by atomic mass is 16.4. The molecule has 2 unspecified atom stereocenters. The Labute approximate surface area is 104 Å². The number of para-hydroxylation sites is 1. The third-order valence-corrected chi connectivity index (χ3v) is 3.14. The number of amides is 1. The van der Waals surface area contributed by atoms with E-state index in [4.69, 9.17) is 10.4 Å². The Kier molecular flexibility index (Phi) is 3.02. The molecule has 5 nitrogen and oxygen atoms in total. The van der Waals surface area contributed by atoms with Gasteiger partial charge in [0.05, 0.1) is 23.1 Å². The SMILES string of the molecule is CN(C(=O)C1CC1C(=O)O)c1ccccc1C#N. The summed E-state index contributed by atoms with van der Waals surface area (Å²) < 4.78 is 0. The third-order valence-electron chi connectivity index (χ3n) is 3.14. The predicted octanol–water partition coefficient (Wildman–Crippen LogP) is 1.24. The first kappa shape index (κ1) is 12.1. The van der Waals surface area contributed by atoms with Gasteiger partial charge in [-0.25, -0.2) is 0 Å². The highest BCUT2D eigenvalue weighted by molar-refractivity contribution is 6.00. The van der Waals surface area contributed by atoms with Gasteiger partial charge in [-0.3, -0.25) is 9.59 Å². The van der Waals surface area contributed by atoms with E-state index >= 15 is 0 Å². The minimum Gasteiger partial charge on any atom is -0.481 e. The predicted molar refractivity (Wildman–Crippen MR) is 63.8 cm³/mol. The van der Waals surface area contributed by atoms with Crippen LogP contribution in [0.5, 0.6) is 0 Å². The van der Waals surface area contributed by atoms with Crippen molar-refractivity contribution < 1.29 is 14.7 Å². The third kappa shape index (κ3) is 2.05. The molecule has 0 aliphatic heterocycles. The van der Waals surface area contributed by atoms with E-state index in [0.29, 0.717) is 17.7 Å². The summed E-state index contributed by atoms with van der Waals surface area (Å²) in [5, 5.41) is 17.8. The molecule has 0 saturated heterocycles. The van der Waals surface area contributed by atoms with E-state index in [2.05, 4.69) is 0 Å². The fraction of sp³-hybridized carbons (Fsp3) is 0.308. The molecule has 1 aromatic rings. The Morgan fingerprint density at radius 1 is 1.39 bits per heavy atom. The minimum atomic E-state index is -0.935. The van der Waals surface area contributed by atoms with Gasteiger partial charge < -0.3 is 10.0 Å². The molecule has 0 bridgehead atoms. The Hall–Kier alpha value is -2.35. The number of benzene rings is 1. The summed E-state index contributed by atoms with van der Waals surface area (Å²) in [5.41, 5.74) is 0.918. The lowest BCUT2D eigenvalue weighted by Crippen LogP contribution is -2.29. The second-order valence-electron chi connectivity index (χ2n) is 4.31. The number of nitrogens with zero attached hydrogens (tertiary/aromatic N) is 2. The molecule has 0 radical (unpaired) electrons. The zero-order valence-electron chi connectivity index (χ0n) is 9.83. The molecule has 0 aromatic heterocycles. The van der Waals surface area contributed by atoms with Gasteiger partial charge in [0.15, 0.2) is 0 Å². The first-order chi connectivity index (χ1) is 8.56. The fourth-order valence-electron chi connectivity index (χ4n) is 1.97. The Morgan fingerprint density at radius 3 is 2.61 bits per heavy atom. The number of carboxylic acid groups (broad SMARTS) is 1. The van der Waals surface area contributed by atoms with E-state index in [-0.39, 0.29) is 5.91 Å². The summed E-state index contributed by atoms with van der Waals surface area (Å²) in [4.78, 5) is 24.1. The summed E-state index contributed by atoms with van der Waals surface area (Å²) in [6.45, 7) is 0. The van der Waals surface area contributed by atoms with Crippen LogP contribution in [0.4, 0.5) is 5.69 Å². The molecule has 1 N–H and O–H groups in total. The normalized spacial score (nSPS) is 20.9.